The molecule has 0 aliphatic carbocycles. The Morgan fingerprint density at radius 3 is 2.57 bits per heavy atom. The molecule has 0 unspecified atom stereocenters. The zero-order chi connectivity index (χ0) is 17.0. The fraction of sp³-hybridized carbons (Fsp3) is 0.188. The summed E-state index contributed by atoms with van der Waals surface area (Å²) in [5.74, 6) is -0.595. The lowest BCUT2D eigenvalue weighted by molar-refractivity contribution is 0.0594. The SMILES string of the molecule is COC(=O)c1nc(-c2ccc(/C=N/N(C)C)cc2Cl)ccc1Cl. The number of halogens is 2. The van der Waals surface area contributed by atoms with Crippen molar-refractivity contribution in [3.8, 4) is 11.3 Å². The van der Waals surface area contributed by atoms with Crippen LogP contribution < -0.4 is 0 Å². The summed E-state index contributed by atoms with van der Waals surface area (Å²) < 4.78 is 4.67. The van der Waals surface area contributed by atoms with E-state index in [-0.39, 0.29) is 10.7 Å². The van der Waals surface area contributed by atoms with Crippen LogP contribution in [-0.2, 0) is 4.74 Å². The van der Waals surface area contributed by atoms with Crippen LogP contribution in [0, 0.1) is 0 Å². The molecule has 0 bridgehead atoms. The highest BCUT2D eigenvalue weighted by atomic mass is 35.5. The first kappa shape index (κ1) is 17.2. The van der Waals surface area contributed by atoms with E-state index in [1.54, 1.807) is 29.4 Å². The van der Waals surface area contributed by atoms with Gasteiger partial charge in [0.05, 0.1) is 29.1 Å². The molecule has 0 aliphatic rings. The number of hydrazone groups is 1. The van der Waals surface area contributed by atoms with Gasteiger partial charge in [-0.1, -0.05) is 35.3 Å². The van der Waals surface area contributed by atoms with Gasteiger partial charge in [-0.2, -0.15) is 5.10 Å². The molecule has 0 radical (unpaired) electrons. The molecule has 5 nitrogen and oxygen atoms in total. The summed E-state index contributed by atoms with van der Waals surface area (Å²) in [5, 5.41) is 6.57. The van der Waals surface area contributed by atoms with Gasteiger partial charge in [0.2, 0.25) is 0 Å². The second-order valence-electron chi connectivity index (χ2n) is 4.85. The van der Waals surface area contributed by atoms with E-state index >= 15 is 0 Å². The van der Waals surface area contributed by atoms with E-state index in [0.717, 1.165) is 5.56 Å². The Labute approximate surface area is 144 Å². The van der Waals surface area contributed by atoms with Crippen molar-refractivity contribution in [3.63, 3.8) is 0 Å². The van der Waals surface area contributed by atoms with Crippen LogP contribution in [0.15, 0.2) is 35.4 Å². The second-order valence-corrected chi connectivity index (χ2v) is 5.66. The van der Waals surface area contributed by atoms with Gasteiger partial charge >= 0.3 is 5.97 Å². The minimum atomic E-state index is -0.595. The zero-order valence-corrected chi connectivity index (χ0v) is 14.4. The number of hydrogen-bond donors (Lipinski definition) is 0. The van der Waals surface area contributed by atoms with Crippen LogP contribution in [0.4, 0.5) is 0 Å². The average molecular weight is 352 g/mol. The Morgan fingerprint density at radius 2 is 1.96 bits per heavy atom. The van der Waals surface area contributed by atoms with Crippen LogP contribution in [0.3, 0.4) is 0 Å². The molecule has 0 aliphatic heterocycles. The number of carbonyl (C=O) groups excluding carboxylic acids is 1. The molecule has 0 saturated heterocycles. The predicted molar refractivity (Wildman–Crippen MR) is 92.3 cm³/mol. The van der Waals surface area contributed by atoms with Gasteiger partial charge in [0.15, 0.2) is 5.69 Å². The highest BCUT2D eigenvalue weighted by Gasteiger charge is 2.15. The number of nitrogens with zero attached hydrogens (tertiary/aromatic N) is 3. The van der Waals surface area contributed by atoms with Gasteiger partial charge in [0.1, 0.15) is 0 Å². The molecular weight excluding hydrogens is 337 g/mol. The normalized spacial score (nSPS) is 10.8. The summed E-state index contributed by atoms with van der Waals surface area (Å²) in [4.78, 5) is 15.9. The number of aromatic nitrogens is 1. The molecule has 0 atom stereocenters. The third kappa shape index (κ3) is 4.21. The van der Waals surface area contributed by atoms with E-state index in [9.17, 15) is 4.79 Å². The van der Waals surface area contributed by atoms with Crippen molar-refractivity contribution in [2.45, 2.75) is 0 Å². The maximum Gasteiger partial charge on any atom is 0.358 e. The molecule has 0 spiro atoms. The highest BCUT2D eigenvalue weighted by molar-refractivity contribution is 6.34. The first-order chi connectivity index (χ1) is 10.9. The van der Waals surface area contributed by atoms with Crippen LogP contribution in [0.25, 0.3) is 11.3 Å². The average Bonchev–Trinajstić information content (AvgIpc) is 2.53. The molecule has 0 N–H and O–H groups in total. The Balaban J connectivity index is 2.41. The first-order valence-electron chi connectivity index (χ1n) is 6.68. The summed E-state index contributed by atoms with van der Waals surface area (Å²) in [7, 11) is 4.94. The van der Waals surface area contributed by atoms with Crippen LogP contribution >= 0.6 is 23.2 Å². The number of hydrogen-bond acceptors (Lipinski definition) is 5. The number of ether oxygens (including phenoxy) is 1. The molecule has 7 heteroatoms. The van der Waals surface area contributed by atoms with Gasteiger partial charge in [-0.05, 0) is 23.8 Å². The number of methoxy groups -OCH3 is 1. The van der Waals surface area contributed by atoms with E-state index in [0.29, 0.717) is 16.3 Å². The van der Waals surface area contributed by atoms with Crippen molar-refractivity contribution in [1.29, 1.82) is 0 Å². The Hall–Kier alpha value is -2.11. The van der Waals surface area contributed by atoms with Crippen molar-refractivity contribution >= 4 is 35.4 Å². The number of rotatable bonds is 4. The van der Waals surface area contributed by atoms with Gasteiger partial charge < -0.3 is 9.75 Å². The standard InChI is InChI=1S/C16H15Cl2N3O2/c1-21(2)19-9-10-4-5-11(13(18)8-10)14-7-6-12(17)15(20-14)16(22)23-3/h4-9H,1-3H3/b19-9+. The quantitative estimate of drug-likeness (QED) is 0.478. The topological polar surface area (TPSA) is 54.8 Å². The number of benzene rings is 1. The second kappa shape index (κ2) is 7.44. The molecule has 1 aromatic carbocycles. The Bertz CT molecular complexity index is 761. The minimum absolute atomic E-state index is 0.0565. The molecular formula is C16H15Cl2N3O2. The van der Waals surface area contributed by atoms with E-state index in [2.05, 4.69) is 14.8 Å². The molecule has 2 aromatic rings. The number of pyridine rings is 1. The van der Waals surface area contributed by atoms with Gasteiger partial charge in [-0.25, -0.2) is 9.78 Å². The molecule has 0 amide bonds. The lowest BCUT2D eigenvalue weighted by Gasteiger charge is -2.08. The van der Waals surface area contributed by atoms with Crippen molar-refractivity contribution in [2.24, 2.45) is 5.10 Å². The molecule has 1 heterocycles. The molecule has 2 rings (SSSR count). The van der Waals surface area contributed by atoms with Gasteiger partial charge in [0, 0.05) is 19.7 Å². The third-order valence-corrected chi connectivity index (χ3v) is 3.55. The lowest BCUT2D eigenvalue weighted by atomic mass is 10.1. The molecule has 0 saturated carbocycles. The highest BCUT2D eigenvalue weighted by Crippen LogP contribution is 2.29. The minimum Gasteiger partial charge on any atom is -0.464 e. The molecule has 0 fully saturated rings. The third-order valence-electron chi connectivity index (χ3n) is 2.93. The van der Waals surface area contributed by atoms with Crippen LogP contribution in [0.1, 0.15) is 16.1 Å². The summed E-state index contributed by atoms with van der Waals surface area (Å²) in [6, 6.07) is 8.74. The van der Waals surface area contributed by atoms with Gasteiger partial charge in [-0.3, -0.25) is 0 Å². The van der Waals surface area contributed by atoms with Gasteiger partial charge in [0.25, 0.3) is 0 Å². The maximum absolute atomic E-state index is 11.7. The summed E-state index contributed by atoms with van der Waals surface area (Å²) >= 11 is 12.3. The smallest absolute Gasteiger partial charge is 0.358 e. The van der Waals surface area contributed by atoms with E-state index in [1.807, 2.05) is 26.2 Å². The maximum atomic E-state index is 11.7. The first-order valence-corrected chi connectivity index (χ1v) is 7.44. The lowest BCUT2D eigenvalue weighted by Crippen LogP contribution is -2.06. The van der Waals surface area contributed by atoms with Gasteiger partial charge in [-0.15, -0.1) is 0 Å². The monoisotopic (exact) mass is 351 g/mol. The largest absolute Gasteiger partial charge is 0.464 e. The summed E-state index contributed by atoms with van der Waals surface area (Å²) in [5.41, 5.74) is 2.14. The number of esters is 1. The fourth-order valence-electron chi connectivity index (χ4n) is 1.83. The van der Waals surface area contributed by atoms with Crippen molar-refractivity contribution in [1.82, 2.24) is 9.99 Å². The zero-order valence-electron chi connectivity index (χ0n) is 12.9. The van der Waals surface area contributed by atoms with Crippen molar-refractivity contribution < 1.29 is 9.53 Å². The fourth-order valence-corrected chi connectivity index (χ4v) is 2.30. The van der Waals surface area contributed by atoms with Crippen molar-refractivity contribution in [3.05, 3.63) is 51.6 Å². The van der Waals surface area contributed by atoms with E-state index in [4.69, 9.17) is 23.2 Å². The van der Waals surface area contributed by atoms with Crippen molar-refractivity contribution in [2.75, 3.05) is 21.2 Å². The van der Waals surface area contributed by atoms with Crippen LogP contribution in [0.2, 0.25) is 10.0 Å². The van der Waals surface area contributed by atoms with E-state index in [1.165, 1.54) is 7.11 Å². The van der Waals surface area contributed by atoms with Crippen LogP contribution in [-0.4, -0.2) is 43.4 Å². The van der Waals surface area contributed by atoms with Crippen LogP contribution in [0.5, 0.6) is 0 Å². The Kier molecular flexibility index (Phi) is 5.58. The summed E-state index contributed by atoms with van der Waals surface area (Å²) in [6.45, 7) is 0. The predicted octanol–water partition coefficient (Wildman–Crippen LogP) is 3.74. The summed E-state index contributed by atoms with van der Waals surface area (Å²) in [6.07, 6.45) is 1.70. The molecule has 120 valence electrons. The number of carbonyl (C=O) groups is 1. The molecule has 23 heavy (non-hydrogen) atoms. The van der Waals surface area contributed by atoms with E-state index < -0.39 is 5.97 Å². The molecule has 1 aromatic heterocycles. The Morgan fingerprint density at radius 1 is 1.22 bits per heavy atom.